The lowest BCUT2D eigenvalue weighted by molar-refractivity contribution is 0.0934. The molecule has 174 valence electrons. The highest BCUT2D eigenvalue weighted by Crippen LogP contribution is 2.13. The van der Waals surface area contributed by atoms with Crippen LogP contribution < -0.4 is 26.2 Å². The summed E-state index contributed by atoms with van der Waals surface area (Å²) in [5, 5.41) is 5.21. The molecule has 8 nitrogen and oxygen atoms in total. The molecule has 0 saturated carbocycles. The molecule has 3 rings (SSSR count). The number of hydrogen-bond acceptors (Lipinski definition) is 5. The van der Waals surface area contributed by atoms with Gasteiger partial charge in [0.05, 0.1) is 6.61 Å². The zero-order valence-corrected chi connectivity index (χ0v) is 19.5. The summed E-state index contributed by atoms with van der Waals surface area (Å²) in [5.74, 6) is -0.471. The lowest BCUT2D eigenvalue weighted by Gasteiger charge is -2.11. The first-order valence-corrected chi connectivity index (χ1v) is 10.9. The molecule has 0 aliphatic rings. The van der Waals surface area contributed by atoms with Crippen LogP contribution in [0.5, 0.6) is 5.75 Å². The van der Waals surface area contributed by atoms with E-state index in [1.807, 2.05) is 26.0 Å². The molecule has 0 aliphatic heterocycles. The van der Waals surface area contributed by atoms with E-state index in [0.29, 0.717) is 34.7 Å². The highest BCUT2D eigenvalue weighted by molar-refractivity contribution is 7.80. The van der Waals surface area contributed by atoms with E-state index in [4.69, 9.17) is 17.0 Å². The number of hydrogen-bond donors (Lipinski definition) is 4. The summed E-state index contributed by atoms with van der Waals surface area (Å²) in [6.07, 6.45) is 0. The second kappa shape index (κ2) is 11.6. The third kappa shape index (κ3) is 6.88. The van der Waals surface area contributed by atoms with Gasteiger partial charge in [-0.2, -0.15) is 0 Å². The summed E-state index contributed by atoms with van der Waals surface area (Å²) in [4.78, 5) is 37.0. The van der Waals surface area contributed by atoms with Gasteiger partial charge in [-0.25, -0.2) is 0 Å². The van der Waals surface area contributed by atoms with Crippen LogP contribution in [0.4, 0.5) is 5.69 Å². The Balaban J connectivity index is 1.48. The second-order valence-corrected chi connectivity index (χ2v) is 7.63. The van der Waals surface area contributed by atoms with Gasteiger partial charge in [0, 0.05) is 22.4 Å². The van der Waals surface area contributed by atoms with E-state index in [-0.39, 0.29) is 11.0 Å². The SMILES string of the molecule is CCOc1ccc(C(=O)NC(=S)NNC(=O)c2ccc(NC(=O)c3cccc(C)c3)cc2)cc1. The number of hydrazine groups is 1. The van der Waals surface area contributed by atoms with Crippen LogP contribution in [0.15, 0.2) is 72.8 Å². The van der Waals surface area contributed by atoms with Gasteiger partial charge in [0.15, 0.2) is 5.11 Å². The summed E-state index contributed by atoms with van der Waals surface area (Å²) in [6.45, 7) is 4.32. The summed E-state index contributed by atoms with van der Waals surface area (Å²) in [7, 11) is 0. The van der Waals surface area contributed by atoms with Crippen molar-refractivity contribution in [1.82, 2.24) is 16.2 Å². The van der Waals surface area contributed by atoms with Crippen molar-refractivity contribution in [1.29, 1.82) is 0 Å². The van der Waals surface area contributed by atoms with E-state index in [1.165, 1.54) is 0 Å². The van der Waals surface area contributed by atoms with E-state index < -0.39 is 11.8 Å². The molecule has 0 fully saturated rings. The Kier molecular flexibility index (Phi) is 8.31. The topological polar surface area (TPSA) is 109 Å². The summed E-state index contributed by atoms with van der Waals surface area (Å²) in [5.41, 5.74) is 7.72. The van der Waals surface area contributed by atoms with Crippen molar-refractivity contribution in [3.05, 3.63) is 95.1 Å². The Hall–Kier alpha value is -4.24. The Morgan fingerprint density at radius 2 is 1.44 bits per heavy atom. The average molecular weight is 477 g/mol. The van der Waals surface area contributed by atoms with Gasteiger partial charge >= 0.3 is 0 Å². The quantitative estimate of drug-likeness (QED) is 0.320. The number of anilines is 1. The molecule has 0 bridgehead atoms. The van der Waals surface area contributed by atoms with Crippen LogP contribution >= 0.6 is 12.2 Å². The molecular weight excluding hydrogens is 452 g/mol. The molecule has 4 N–H and O–H groups in total. The number of carbonyl (C=O) groups is 3. The zero-order valence-electron chi connectivity index (χ0n) is 18.7. The van der Waals surface area contributed by atoms with Crippen molar-refractivity contribution in [2.45, 2.75) is 13.8 Å². The van der Waals surface area contributed by atoms with Crippen LogP contribution in [0.25, 0.3) is 0 Å². The maximum atomic E-state index is 12.3. The maximum Gasteiger partial charge on any atom is 0.269 e. The van der Waals surface area contributed by atoms with Gasteiger partial charge in [0.25, 0.3) is 17.7 Å². The molecule has 0 aromatic heterocycles. The third-order valence-electron chi connectivity index (χ3n) is 4.63. The van der Waals surface area contributed by atoms with Crippen molar-refractivity contribution < 1.29 is 19.1 Å². The number of nitrogens with one attached hydrogen (secondary N) is 4. The van der Waals surface area contributed by atoms with Crippen molar-refractivity contribution in [2.75, 3.05) is 11.9 Å². The molecule has 0 unspecified atom stereocenters. The standard InChI is InChI=1S/C25H24N4O4S/c1-3-33-21-13-9-17(10-14-21)22(30)27-25(34)29-28-24(32)18-7-11-20(12-8-18)26-23(31)19-6-4-5-16(2)15-19/h4-15H,3H2,1-2H3,(H,26,31)(H,28,32)(H2,27,29,30,34). The number of amides is 3. The molecule has 3 amide bonds. The average Bonchev–Trinajstić information content (AvgIpc) is 2.83. The number of thiocarbonyl (C=S) groups is 1. The summed E-state index contributed by atoms with van der Waals surface area (Å²) < 4.78 is 5.34. The van der Waals surface area contributed by atoms with E-state index in [1.54, 1.807) is 60.7 Å². The molecule has 0 heterocycles. The molecule has 0 aliphatic carbocycles. The van der Waals surface area contributed by atoms with E-state index >= 15 is 0 Å². The normalized spacial score (nSPS) is 10.1. The number of ether oxygens (including phenoxy) is 1. The Morgan fingerprint density at radius 3 is 2.09 bits per heavy atom. The van der Waals surface area contributed by atoms with Gasteiger partial charge in [-0.05, 0) is 86.7 Å². The minimum Gasteiger partial charge on any atom is -0.494 e. The smallest absolute Gasteiger partial charge is 0.269 e. The first-order chi connectivity index (χ1) is 16.4. The molecular formula is C25H24N4O4S. The van der Waals surface area contributed by atoms with Crippen LogP contribution in [-0.2, 0) is 0 Å². The van der Waals surface area contributed by atoms with Crippen molar-refractivity contribution in [3.63, 3.8) is 0 Å². The molecule has 0 radical (unpaired) electrons. The molecule has 34 heavy (non-hydrogen) atoms. The van der Waals surface area contributed by atoms with Crippen LogP contribution in [0.3, 0.4) is 0 Å². The van der Waals surface area contributed by atoms with Crippen LogP contribution in [0.2, 0.25) is 0 Å². The predicted molar refractivity (Wildman–Crippen MR) is 134 cm³/mol. The number of rotatable bonds is 6. The van der Waals surface area contributed by atoms with Gasteiger partial charge in [-0.1, -0.05) is 17.7 Å². The van der Waals surface area contributed by atoms with E-state index in [9.17, 15) is 14.4 Å². The fraction of sp³-hybridized carbons (Fsp3) is 0.120. The largest absolute Gasteiger partial charge is 0.494 e. The monoisotopic (exact) mass is 476 g/mol. The van der Waals surface area contributed by atoms with Crippen molar-refractivity contribution in [2.24, 2.45) is 0 Å². The van der Waals surface area contributed by atoms with E-state index in [0.717, 1.165) is 5.56 Å². The molecule has 9 heteroatoms. The number of aryl methyl sites for hydroxylation is 1. The lowest BCUT2D eigenvalue weighted by atomic mass is 10.1. The zero-order chi connectivity index (χ0) is 24.5. The lowest BCUT2D eigenvalue weighted by Crippen LogP contribution is -2.48. The van der Waals surface area contributed by atoms with Crippen LogP contribution in [-0.4, -0.2) is 29.4 Å². The predicted octanol–water partition coefficient (Wildman–Crippen LogP) is 3.60. The van der Waals surface area contributed by atoms with Gasteiger partial charge in [0.1, 0.15) is 5.75 Å². The molecule has 0 atom stereocenters. The summed E-state index contributed by atoms with van der Waals surface area (Å²) >= 11 is 5.06. The van der Waals surface area contributed by atoms with Gasteiger partial charge < -0.3 is 10.1 Å². The van der Waals surface area contributed by atoms with Crippen LogP contribution in [0, 0.1) is 6.92 Å². The fourth-order valence-corrected chi connectivity index (χ4v) is 3.10. The highest BCUT2D eigenvalue weighted by atomic mass is 32.1. The highest BCUT2D eigenvalue weighted by Gasteiger charge is 2.11. The minimum absolute atomic E-state index is 0.0609. The first kappa shape index (κ1) is 24.4. The first-order valence-electron chi connectivity index (χ1n) is 10.5. The maximum absolute atomic E-state index is 12.3. The van der Waals surface area contributed by atoms with Gasteiger partial charge in [-0.15, -0.1) is 0 Å². The second-order valence-electron chi connectivity index (χ2n) is 7.22. The fourth-order valence-electron chi connectivity index (χ4n) is 2.96. The van der Waals surface area contributed by atoms with Gasteiger partial charge in [0.2, 0.25) is 0 Å². The van der Waals surface area contributed by atoms with E-state index in [2.05, 4.69) is 21.5 Å². The Bertz CT molecular complexity index is 1190. The molecule has 0 saturated heterocycles. The summed E-state index contributed by atoms with van der Waals surface area (Å²) in [6, 6.07) is 20.2. The number of carbonyl (C=O) groups excluding carboxylic acids is 3. The molecule has 3 aromatic carbocycles. The van der Waals surface area contributed by atoms with Crippen LogP contribution in [0.1, 0.15) is 43.6 Å². The Labute approximate surface area is 202 Å². The van der Waals surface area contributed by atoms with Crippen molar-refractivity contribution >= 4 is 40.7 Å². The van der Waals surface area contributed by atoms with Gasteiger partial charge in [-0.3, -0.25) is 30.6 Å². The third-order valence-corrected chi connectivity index (χ3v) is 4.83. The Morgan fingerprint density at radius 1 is 0.794 bits per heavy atom. The minimum atomic E-state index is -0.464. The van der Waals surface area contributed by atoms with Crippen molar-refractivity contribution in [3.8, 4) is 5.75 Å². The number of benzene rings is 3. The molecule has 0 spiro atoms. The molecule has 3 aromatic rings.